The first-order valence-corrected chi connectivity index (χ1v) is 12.4. The highest BCUT2D eigenvalue weighted by atomic mass is 16.7. The Kier molecular flexibility index (Phi) is 6.05. The Labute approximate surface area is 209 Å². The Morgan fingerprint density at radius 1 is 0.972 bits per heavy atom. The summed E-state index contributed by atoms with van der Waals surface area (Å²) in [6.07, 6.45) is 0.902. The van der Waals surface area contributed by atoms with E-state index in [1.165, 1.54) is 14.2 Å². The standard InChI is InChI=1S/C27H31NO8/c1-31-22-9-15(10-23(32-2)26(22)29)24-18-12-21-20(35-14-36-21)11-17(18)16(19-13-34-27(30)25(19)24)3-4-28-5-7-33-8-6-28/h9-12,16,19,24-25,29H,3-8,13-14H2,1-2H3/t16-,19?,24-,25+/m1/s1. The van der Waals surface area contributed by atoms with Crippen LogP contribution in [0, 0.1) is 11.8 Å². The summed E-state index contributed by atoms with van der Waals surface area (Å²) in [6.45, 7) is 4.82. The van der Waals surface area contributed by atoms with Gasteiger partial charge in [-0.1, -0.05) is 0 Å². The zero-order valence-electron chi connectivity index (χ0n) is 20.5. The third-order valence-corrected chi connectivity index (χ3v) is 8.06. The number of nitrogens with zero attached hydrogens (tertiary/aromatic N) is 1. The van der Waals surface area contributed by atoms with Crippen LogP contribution in [-0.4, -0.2) is 76.4 Å². The summed E-state index contributed by atoms with van der Waals surface area (Å²) in [6, 6.07) is 7.67. The average molecular weight is 498 g/mol. The molecule has 0 amide bonds. The van der Waals surface area contributed by atoms with E-state index >= 15 is 0 Å². The van der Waals surface area contributed by atoms with Gasteiger partial charge in [0.05, 0.1) is 40.0 Å². The highest BCUT2D eigenvalue weighted by Gasteiger charge is 2.52. The molecule has 2 aromatic rings. The number of carbonyl (C=O) groups is 1. The fraction of sp³-hybridized carbons (Fsp3) is 0.519. The number of benzene rings is 2. The fourth-order valence-electron chi connectivity index (χ4n) is 6.29. The predicted molar refractivity (Wildman–Crippen MR) is 128 cm³/mol. The van der Waals surface area contributed by atoms with Crippen LogP contribution < -0.4 is 18.9 Å². The minimum Gasteiger partial charge on any atom is -0.502 e. The first-order valence-electron chi connectivity index (χ1n) is 12.4. The van der Waals surface area contributed by atoms with Crippen LogP contribution in [0.15, 0.2) is 24.3 Å². The largest absolute Gasteiger partial charge is 0.502 e. The van der Waals surface area contributed by atoms with Crippen molar-refractivity contribution in [3.05, 3.63) is 41.0 Å². The number of methoxy groups -OCH3 is 2. The molecule has 4 atom stereocenters. The number of hydrogen-bond donors (Lipinski definition) is 1. The van der Waals surface area contributed by atoms with Gasteiger partial charge in [-0.2, -0.15) is 0 Å². The molecule has 0 bridgehead atoms. The molecule has 0 saturated carbocycles. The van der Waals surface area contributed by atoms with Crippen LogP contribution in [0.1, 0.15) is 34.9 Å². The number of rotatable bonds is 6. The lowest BCUT2D eigenvalue weighted by molar-refractivity contribution is -0.141. The van der Waals surface area contributed by atoms with Gasteiger partial charge in [0.1, 0.15) is 0 Å². The summed E-state index contributed by atoms with van der Waals surface area (Å²) in [5.74, 6) is 1.20. The fourth-order valence-corrected chi connectivity index (χ4v) is 6.29. The van der Waals surface area contributed by atoms with Crippen molar-refractivity contribution >= 4 is 5.97 Å². The first kappa shape index (κ1) is 23.2. The van der Waals surface area contributed by atoms with Gasteiger partial charge in [-0.3, -0.25) is 9.69 Å². The molecule has 2 fully saturated rings. The molecule has 4 aliphatic rings. The molecule has 9 heteroatoms. The monoisotopic (exact) mass is 497 g/mol. The van der Waals surface area contributed by atoms with Crippen molar-refractivity contribution in [2.45, 2.75) is 18.3 Å². The van der Waals surface area contributed by atoms with E-state index in [9.17, 15) is 9.90 Å². The van der Waals surface area contributed by atoms with Crippen molar-refractivity contribution < 1.29 is 38.3 Å². The van der Waals surface area contributed by atoms with Crippen LogP contribution >= 0.6 is 0 Å². The van der Waals surface area contributed by atoms with E-state index in [0.717, 1.165) is 61.7 Å². The van der Waals surface area contributed by atoms with E-state index in [0.29, 0.717) is 23.9 Å². The molecule has 3 aliphatic heterocycles. The van der Waals surface area contributed by atoms with Crippen molar-refractivity contribution in [1.82, 2.24) is 4.90 Å². The topological polar surface area (TPSA) is 95.9 Å². The third kappa shape index (κ3) is 3.81. The number of fused-ring (bicyclic) bond motifs is 3. The third-order valence-electron chi connectivity index (χ3n) is 8.06. The van der Waals surface area contributed by atoms with Crippen LogP contribution in [0.25, 0.3) is 0 Å². The minimum absolute atomic E-state index is 0.0159. The molecule has 1 aliphatic carbocycles. The Bertz CT molecular complexity index is 1140. The van der Waals surface area contributed by atoms with Gasteiger partial charge in [-0.25, -0.2) is 0 Å². The van der Waals surface area contributed by atoms with E-state index in [-0.39, 0.29) is 42.2 Å². The quantitative estimate of drug-likeness (QED) is 0.605. The summed E-state index contributed by atoms with van der Waals surface area (Å²) in [5.41, 5.74) is 2.99. The second-order valence-electron chi connectivity index (χ2n) is 9.75. The number of cyclic esters (lactones) is 1. The zero-order chi connectivity index (χ0) is 24.8. The number of esters is 1. The van der Waals surface area contributed by atoms with Gasteiger partial charge in [0.25, 0.3) is 0 Å². The minimum atomic E-state index is -0.369. The maximum atomic E-state index is 13.2. The smallest absolute Gasteiger partial charge is 0.310 e. The molecular formula is C27H31NO8. The van der Waals surface area contributed by atoms with E-state index < -0.39 is 0 Å². The number of hydrogen-bond acceptors (Lipinski definition) is 9. The van der Waals surface area contributed by atoms with Crippen molar-refractivity contribution in [2.24, 2.45) is 11.8 Å². The molecule has 0 aromatic heterocycles. The van der Waals surface area contributed by atoms with Crippen LogP contribution in [0.5, 0.6) is 28.7 Å². The summed E-state index contributed by atoms with van der Waals surface area (Å²) < 4.78 is 33.6. The highest BCUT2D eigenvalue weighted by molar-refractivity contribution is 5.79. The molecule has 2 saturated heterocycles. The highest BCUT2D eigenvalue weighted by Crippen LogP contribution is 2.56. The number of phenols is 1. The van der Waals surface area contributed by atoms with Crippen LogP contribution in [-0.2, 0) is 14.3 Å². The SMILES string of the molecule is COc1cc([C@@H]2c3cc4c(cc3[C@@H](CCN3CCOCC3)C3COC(=O)[C@@H]32)OCO4)cc(OC)c1O. The zero-order valence-corrected chi connectivity index (χ0v) is 20.5. The predicted octanol–water partition coefficient (Wildman–Crippen LogP) is 2.88. The van der Waals surface area contributed by atoms with Gasteiger partial charge >= 0.3 is 5.97 Å². The average Bonchev–Trinajstić information content (AvgIpc) is 3.52. The number of phenolic OH excluding ortho intramolecular Hbond substituents is 1. The van der Waals surface area contributed by atoms with Crippen molar-refractivity contribution in [2.75, 3.05) is 60.5 Å². The molecule has 9 nitrogen and oxygen atoms in total. The van der Waals surface area contributed by atoms with E-state index in [2.05, 4.69) is 11.0 Å². The van der Waals surface area contributed by atoms with Crippen molar-refractivity contribution in [1.29, 1.82) is 0 Å². The molecular weight excluding hydrogens is 466 g/mol. The van der Waals surface area contributed by atoms with E-state index in [1.807, 2.05) is 6.07 Å². The molecule has 0 radical (unpaired) electrons. The molecule has 3 heterocycles. The molecule has 1 unspecified atom stereocenters. The molecule has 0 spiro atoms. The van der Waals surface area contributed by atoms with E-state index in [4.69, 9.17) is 28.4 Å². The second kappa shape index (κ2) is 9.37. The van der Waals surface area contributed by atoms with Gasteiger partial charge in [0.2, 0.25) is 12.5 Å². The summed E-state index contributed by atoms with van der Waals surface area (Å²) in [7, 11) is 3.00. The summed E-state index contributed by atoms with van der Waals surface area (Å²) in [4.78, 5) is 15.7. The van der Waals surface area contributed by atoms with E-state index in [1.54, 1.807) is 12.1 Å². The lowest BCUT2D eigenvalue weighted by Gasteiger charge is -2.40. The van der Waals surface area contributed by atoms with Crippen LogP contribution in [0.4, 0.5) is 0 Å². The molecule has 2 aromatic carbocycles. The number of ether oxygens (including phenoxy) is 6. The summed E-state index contributed by atoms with van der Waals surface area (Å²) in [5, 5.41) is 10.5. The lowest BCUT2D eigenvalue weighted by Crippen LogP contribution is -2.39. The molecule has 1 N–H and O–H groups in total. The molecule has 36 heavy (non-hydrogen) atoms. The molecule has 6 rings (SSSR count). The van der Waals surface area contributed by atoms with Gasteiger partial charge < -0.3 is 33.5 Å². The number of morpholine rings is 1. The van der Waals surface area contributed by atoms with Gasteiger partial charge in [0.15, 0.2) is 23.0 Å². The van der Waals surface area contributed by atoms with Crippen LogP contribution in [0.2, 0.25) is 0 Å². The van der Waals surface area contributed by atoms with Crippen molar-refractivity contribution in [3.8, 4) is 28.7 Å². The number of aromatic hydroxyl groups is 1. The lowest BCUT2D eigenvalue weighted by atomic mass is 9.62. The van der Waals surface area contributed by atoms with Gasteiger partial charge in [-0.05, 0) is 59.8 Å². The first-order chi connectivity index (χ1) is 17.6. The Hall–Kier alpha value is -3.17. The second-order valence-corrected chi connectivity index (χ2v) is 9.75. The van der Waals surface area contributed by atoms with Crippen LogP contribution in [0.3, 0.4) is 0 Å². The maximum Gasteiger partial charge on any atom is 0.310 e. The van der Waals surface area contributed by atoms with Crippen molar-refractivity contribution in [3.63, 3.8) is 0 Å². The normalized spacial score (nSPS) is 26.8. The Morgan fingerprint density at radius 2 is 1.64 bits per heavy atom. The summed E-state index contributed by atoms with van der Waals surface area (Å²) >= 11 is 0. The molecule has 192 valence electrons. The maximum absolute atomic E-state index is 13.2. The number of carbonyl (C=O) groups excluding carboxylic acids is 1. The Morgan fingerprint density at radius 3 is 2.31 bits per heavy atom. The van der Waals surface area contributed by atoms with Gasteiger partial charge in [-0.15, -0.1) is 0 Å². The Balaban J connectivity index is 1.47. The van der Waals surface area contributed by atoms with Gasteiger partial charge in [0, 0.05) is 24.9 Å².